The van der Waals surface area contributed by atoms with Gasteiger partial charge in [0.25, 0.3) is 0 Å². The van der Waals surface area contributed by atoms with Gasteiger partial charge in [-0.15, -0.1) is 0 Å². The maximum Gasteiger partial charge on any atom is -0.197 e. The predicted octanol–water partition coefficient (Wildman–Crippen LogP) is 0.538. The fraction of sp³-hybridized carbons (Fsp3) is 0. The van der Waals surface area contributed by atoms with E-state index in [2.05, 4.69) is 12.2 Å². The molecule has 0 atom stereocenters. The molecule has 0 aliphatic rings. The summed E-state index contributed by atoms with van der Waals surface area (Å²) in [7, 11) is 1.40. The van der Waals surface area contributed by atoms with Crippen LogP contribution in [0.2, 0.25) is 0 Å². The van der Waals surface area contributed by atoms with E-state index in [-0.39, 0.29) is 13.5 Å². The van der Waals surface area contributed by atoms with Crippen LogP contribution in [0, 0.1) is 0 Å². The molecule has 2 N–H and O–H groups in total. The zero-order valence-electron chi connectivity index (χ0n) is 2.80. The molecule has 0 bridgehead atoms. The molecular weight excluding hydrogens is 218 g/mol. The average Bonchev–Trinajstić information content (AvgIpc) is 1.38. The van der Waals surface area contributed by atoms with E-state index >= 15 is 0 Å². The number of hydrogen-bond donors (Lipinski definition) is 1. The van der Waals surface area contributed by atoms with Gasteiger partial charge in [-0.3, -0.25) is 0 Å². The molecule has 5 heteroatoms. The Morgan fingerprint density at radius 2 is 2.00 bits per heavy atom. The molecule has 0 rings (SSSR count). The van der Waals surface area contributed by atoms with E-state index < -0.39 is 0 Å². The summed E-state index contributed by atoms with van der Waals surface area (Å²) in [6.07, 6.45) is 0. The van der Waals surface area contributed by atoms with Gasteiger partial charge in [-0.1, -0.05) is 0 Å². The van der Waals surface area contributed by atoms with E-state index in [1.54, 1.807) is 18.5 Å². The summed E-state index contributed by atoms with van der Waals surface area (Å²) in [4.78, 5) is 0. The molecule has 1 nitrogen and oxygen atoms in total. The van der Waals surface area contributed by atoms with Crippen LogP contribution in [0.4, 0.5) is 0 Å². The summed E-state index contributed by atoms with van der Waals surface area (Å²) in [6.45, 7) is 0. The number of thiocarbonyl (C=S) groups is 1. The van der Waals surface area contributed by atoms with Gasteiger partial charge >= 0.3 is 50.3 Å². The fourth-order valence-corrected chi connectivity index (χ4v) is 0. The van der Waals surface area contributed by atoms with Crippen molar-refractivity contribution < 1.29 is 18.5 Å². The van der Waals surface area contributed by atoms with Crippen LogP contribution in [0.5, 0.6) is 0 Å². The Labute approximate surface area is 63.5 Å². The smallest absolute Gasteiger partial charge is 0.197 e. The standard InChI is InChI=1S/CH3NS2.Mo.H2S/c2-1(3)4;;/h(H3,2,3,4);;1H2/q;+1;/p-1. The van der Waals surface area contributed by atoms with Gasteiger partial charge in [0.2, 0.25) is 0 Å². The summed E-state index contributed by atoms with van der Waals surface area (Å²) in [6, 6.07) is 0. The summed E-state index contributed by atoms with van der Waals surface area (Å²) in [5.74, 6) is 0. The van der Waals surface area contributed by atoms with Gasteiger partial charge in [0.05, 0.1) is 0 Å². The van der Waals surface area contributed by atoms with Gasteiger partial charge < -0.3 is 0 Å². The van der Waals surface area contributed by atoms with E-state index in [1.807, 2.05) is 0 Å². The molecular formula is CH4MoNS3. The van der Waals surface area contributed by atoms with E-state index in [9.17, 15) is 0 Å². The molecule has 0 saturated carbocycles. The van der Waals surface area contributed by atoms with Crippen molar-refractivity contribution in [3.05, 3.63) is 0 Å². The first-order valence-electron chi connectivity index (χ1n) is 0.864. The Morgan fingerprint density at radius 3 is 2.00 bits per heavy atom. The maximum absolute atomic E-state index is 4.99. The van der Waals surface area contributed by atoms with Crippen LogP contribution in [0.15, 0.2) is 0 Å². The van der Waals surface area contributed by atoms with Crippen LogP contribution >= 0.6 is 35.2 Å². The minimum Gasteiger partial charge on any atom is -0.197 e. The topological polar surface area (TPSA) is 26.0 Å². The third-order valence-corrected chi connectivity index (χ3v) is 2.67. The minimum atomic E-state index is 0. The zero-order valence-corrected chi connectivity index (χ0v) is 7.44. The monoisotopic (exact) mass is 224 g/mol. The van der Waals surface area contributed by atoms with E-state index in [0.29, 0.717) is 4.32 Å². The molecule has 37 valence electrons. The number of hydrogen-bond acceptors (Lipinski definition) is 2. The van der Waals surface area contributed by atoms with Gasteiger partial charge in [-0.2, -0.15) is 13.5 Å². The van der Waals surface area contributed by atoms with Crippen molar-refractivity contribution in [1.82, 2.24) is 0 Å². The molecule has 0 aromatic heterocycles. The summed E-state index contributed by atoms with van der Waals surface area (Å²) in [5, 5.41) is 0. The normalized spacial score (nSPS) is 6.00. The van der Waals surface area contributed by atoms with Crippen molar-refractivity contribution in [2.75, 3.05) is 0 Å². The van der Waals surface area contributed by atoms with E-state index in [4.69, 9.17) is 5.73 Å². The Morgan fingerprint density at radius 1 is 1.83 bits per heavy atom. The molecule has 0 heterocycles. The van der Waals surface area contributed by atoms with Gasteiger partial charge in [-0.05, 0) is 0 Å². The maximum atomic E-state index is 4.99. The molecule has 0 aromatic carbocycles. The van der Waals surface area contributed by atoms with Crippen LogP contribution in [0.3, 0.4) is 0 Å². The molecule has 0 spiro atoms. The first-order valence-corrected chi connectivity index (χ1v) is 4.47. The van der Waals surface area contributed by atoms with Crippen LogP contribution in [-0.4, -0.2) is 4.32 Å². The molecule has 0 unspecified atom stereocenters. The SMILES string of the molecule is NC(=S)[S][Mo].S. The second-order valence-electron chi connectivity index (χ2n) is 0.402. The van der Waals surface area contributed by atoms with E-state index in [0.717, 1.165) is 0 Å². The van der Waals surface area contributed by atoms with Crippen molar-refractivity contribution in [2.24, 2.45) is 5.73 Å². The van der Waals surface area contributed by atoms with Crippen molar-refractivity contribution in [1.29, 1.82) is 0 Å². The molecule has 0 aromatic rings. The third kappa shape index (κ3) is 8.99. The molecule has 0 radical (unpaired) electrons. The van der Waals surface area contributed by atoms with Gasteiger partial charge in [0, 0.05) is 0 Å². The number of rotatable bonds is 0. The summed E-state index contributed by atoms with van der Waals surface area (Å²) >= 11 is 6.23. The Kier molecular flexibility index (Phi) is 10.8. The Balaban J connectivity index is 0. The first kappa shape index (κ1) is 10.3. The molecule has 0 amide bonds. The quantitative estimate of drug-likeness (QED) is 0.478. The van der Waals surface area contributed by atoms with Crippen LogP contribution in [-0.2, 0) is 18.5 Å². The number of nitrogens with two attached hydrogens (primary N) is 1. The second kappa shape index (κ2) is 6.28. The fourth-order valence-electron chi connectivity index (χ4n) is 0. The molecule has 0 saturated heterocycles. The van der Waals surface area contributed by atoms with Crippen molar-refractivity contribution in [3.63, 3.8) is 0 Å². The molecule has 0 fully saturated rings. The van der Waals surface area contributed by atoms with Crippen molar-refractivity contribution >= 4 is 39.5 Å². The average molecular weight is 222 g/mol. The molecule has 6 heavy (non-hydrogen) atoms. The van der Waals surface area contributed by atoms with E-state index in [1.165, 1.54) is 9.47 Å². The largest absolute Gasteiger partial charge is 0.197 e. The second-order valence-corrected chi connectivity index (χ2v) is 2.94. The molecule has 0 aliphatic heterocycles. The third-order valence-electron chi connectivity index (χ3n) is 0.0821. The Bertz CT molecular complexity index is 46.1. The van der Waals surface area contributed by atoms with Crippen LogP contribution in [0.1, 0.15) is 0 Å². The van der Waals surface area contributed by atoms with Crippen LogP contribution in [0.25, 0.3) is 0 Å². The van der Waals surface area contributed by atoms with Gasteiger partial charge in [-0.25, -0.2) is 0 Å². The zero-order chi connectivity index (χ0) is 4.28. The summed E-state index contributed by atoms with van der Waals surface area (Å²) < 4.78 is 0.509. The Hall–Kier alpha value is 1.28. The summed E-state index contributed by atoms with van der Waals surface area (Å²) in [5.41, 5.74) is 4.99. The molecule has 0 aliphatic carbocycles. The van der Waals surface area contributed by atoms with Gasteiger partial charge in [0.15, 0.2) is 0 Å². The van der Waals surface area contributed by atoms with Gasteiger partial charge in [0.1, 0.15) is 0 Å². The first-order chi connectivity index (χ1) is 2.27. The van der Waals surface area contributed by atoms with Crippen molar-refractivity contribution in [2.45, 2.75) is 0 Å². The van der Waals surface area contributed by atoms with Crippen LogP contribution < -0.4 is 5.73 Å². The van der Waals surface area contributed by atoms with Crippen molar-refractivity contribution in [3.8, 4) is 0 Å². The predicted molar refractivity (Wildman–Crippen MR) is 34.8 cm³/mol. The minimum absolute atomic E-state index is 0.